The smallest absolute Gasteiger partial charge is 0.382 e. The van der Waals surface area contributed by atoms with Crippen molar-refractivity contribution in [3.63, 3.8) is 0 Å². The molecule has 0 unspecified atom stereocenters. The van der Waals surface area contributed by atoms with Gasteiger partial charge in [-0.25, -0.2) is 24.5 Å². The van der Waals surface area contributed by atoms with Crippen molar-refractivity contribution >= 4 is 69.7 Å². The highest BCUT2D eigenvalue weighted by Gasteiger charge is 2.20. The third kappa shape index (κ3) is 3.98. The van der Waals surface area contributed by atoms with Gasteiger partial charge in [0, 0.05) is 0 Å². The van der Waals surface area contributed by atoms with Crippen LogP contribution in [0.3, 0.4) is 0 Å². The van der Waals surface area contributed by atoms with Gasteiger partial charge >= 0.3 is 7.82 Å². The first-order valence-electron chi connectivity index (χ1n) is 7.71. The van der Waals surface area contributed by atoms with Crippen LogP contribution in [-0.4, -0.2) is 40.9 Å². The molecule has 0 aliphatic rings. The summed E-state index contributed by atoms with van der Waals surface area (Å²) in [6.45, 7) is -0.134. The van der Waals surface area contributed by atoms with Crippen LogP contribution in [-0.2, 0) is 15.6 Å². The minimum absolute atomic E-state index is 0.103. The number of thiazole rings is 1. The van der Waals surface area contributed by atoms with E-state index in [1.54, 1.807) is 10.6 Å². The van der Waals surface area contributed by atoms with E-state index in [1.165, 1.54) is 29.4 Å². The maximum absolute atomic E-state index is 11.0. The molecule has 0 aliphatic carbocycles. The van der Waals surface area contributed by atoms with Crippen molar-refractivity contribution in [2.75, 3.05) is 12.3 Å². The molecule has 4 aromatic rings. The molecule has 4 N–H and O–H groups in total. The molecule has 3 heterocycles. The van der Waals surface area contributed by atoms with E-state index in [0.717, 1.165) is 10.2 Å². The number of imidazole rings is 1. The van der Waals surface area contributed by atoms with Crippen molar-refractivity contribution in [3.05, 3.63) is 29.5 Å². The van der Waals surface area contributed by atoms with E-state index in [4.69, 9.17) is 27.1 Å². The number of halogens is 1. The second kappa shape index (κ2) is 7.56. The van der Waals surface area contributed by atoms with Gasteiger partial charge in [0.1, 0.15) is 6.33 Å². The Morgan fingerprint density at radius 3 is 2.89 bits per heavy atom. The number of benzene rings is 1. The highest BCUT2D eigenvalue weighted by Crippen LogP contribution is 2.39. The van der Waals surface area contributed by atoms with Crippen LogP contribution < -0.4 is 5.73 Å². The Balaban J connectivity index is 1.72. The third-order valence-corrected chi connectivity index (χ3v) is 6.73. The molecule has 0 saturated heterocycles. The summed E-state index contributed by atoms with van der Waals surface area (Å²) in [5, 5.41) is 1.10. The summed E-state index contributed by atoms with van der Waals surface area (Å²) < 4.78 is 18.7. The number of anilines is 1. The zero-order valence-electron chi connectivity index (χ0n) is 13.9. The van der Waals surface area contributed by atoms with Crippen LogP contribution in [0.15, 0.2) is 34.0 Å². The second-order valence-corrected chi connectivity index (χ2v) is 9.33. The summed E-state index contributed by atoms with van der Waals surface area (Å²) in [4.78, 5) is 34.9. The first-order chi connectivity index (χ1) is 13.3. The zero-order chi connectivity index (χ0) is 19.9. The van der Waals surface area contributed by atoms with Gasteiger partial charge in [-0.15, -0.1) is 11.3 Å². The predicted molar refractivity (Wildman–Crippen MR) is 106 cm³/mol. The molecule has 0 fully saturated rings. The molecule has 0 aliphatic heterocycles. The summed E-state index contributed by atoms with van der Waals surface area (Å²) in [5.74, 6) is 0.203. The van der Waals surface area contributed by atoms with Crippen molar-refractivity contribution in [3.8, 4) is 0 Å². The van der Waals surface area contributed by atoms with Crippen molar-refractivity contribution < 1.29 is 18.9 Å². The van der Waals surface area contributed by atoms with Crippen molar-refractivity contribution in [2.24, 2.45) is 0 Å². The number of nitrogens with two attached hydrogens (primary N) is 1. The van der Waals surface area contributed by atoms with Crippen LogP contribution in [0.1, 0.15) is 0 Å². The number of fused-ring (bicyclic) bond motifs is 2. The molecule has 3 aromatic heterocycles. The van der Waals surface area contributed by atoms with Gasteiger partial charge in [0.2, 0.25) is 0 Å². The van der Waals surface area contributed by atoms with E-state index in [-0.39, 0.29) is 19.0 Å². The molecule has 14 heteroatoms. The molecule has 0 atom stereocenters. The van der Waals surface area contributed by atoms with Gasteiger partial charge < -0.3 is 20.1 Å². The molecule has 0 amide bonds. The number of hydrogen-bond acceptors (Lipinski definition) is 9. The lowest BCUT2D eigenvalue weighted by Crippen LogP contribution is -2.07. The fourth-order valence-electron chi connectivity index (χ4n) is 2.48. The van der Waals surface area contributed by atoms with Gasteiger partial charge in [-0.05, 0) is 23.9 Å². The molecule has 1 aromatic carbocycles. The van der Waals surface area contributed by atoms with E-state index in [2.05, 4.69) is 24.5 Å². The van der Waals surface area contributed by atoms with Gasteiger partial charge in [-0.1, -0.05) is 17.7 Å². The zero-order valence-corrected chi connectivity index (χ0v) is 17.2. The van der Waals surface area contributed by atoms with E-state index >= 15 is 0 Å². The average Bonchev–Trinajstić information content (AvgIpc) is 3.18. The summed E-state index contributed by atoms with van der Waals surface area (Å²) in [5.41, 5.74) is 7.48. The molecule has 0 spiro atoms. The normalized spacial score (nSPS) is 12.2. The second-order valence-electron chi connectivity index (χ2n) is 5.47. The summed E-state index contributed by atoms with van der Waals surface area (Å²) in [6.07, 6.45) is 1.30. The van der Waals surface area contributed by atoms with Gasteiger partial charge in [-0.2, -0.15) is 0 Å². The molecular formula is C14H12ClN6O4PS2. The Hall–Kier alpha value is -1.79. The van der Waals surface area contributed by atoms with E-state index in [1.807, 2.05) is 12.1 Å². The minimum atomic E-state index is -4.58. The summed E-state index contributed by atoms with van der Waals surface area (Å²) in [7, 11) is -4.58. The number of phosphoric ester groups is 1. The van der Waals surface area contributed by atoms with Crippen molar-refractivity contribution in [1.82, 2.24) is 24.5 Å². The third-order valence-electron chi connectivity index (χ3n) is 3.63. The highest BCUT2D eigenvalue weighted by molar-refractivity contribution is 8.01. The van der Waals surface area contributed by atoms with Crippen LogP contribution in [0.25, 0.3) is 21.4 Å². The Labute approximate surface area is 171 Å². The summed E-state index contributed by atoms with van der Waals surface area (Å²) >= 11 is 8.90. The fraction of sp³-hybridized carbons (Fsp3) is 0.143. The Morgan fingerprint density at radius 1 is 1.32 bits per heavy atom. The lowest BCUT2D eigenvalue weighted by molar-refractivity contribution is 0.189. The number of aromatic nitrogens is 5. The van der Waals surface area contributed by atoms with Crippen LogP contribution in [0, 0.1) is 0 Å². The predicted octanol–water partition coefficient (Wildman–Crippen LogP) is 2.93. The molecule has 146 valence electrons. The van der Waals surface area contributed by atoms with Crippen LogP contribution >= 0.6 is 42.5 Å². The minimum Gasteiger partial charge on any atom is -0.382 e. The maximum atomic E-state index is 11.0. The molecular weight excluding hydrogens is 447 g/mol. The van der Waals surface area contributed by atoms with E-state index in [0.29, 0.717) is 25.7 Å². The number of nitrogen functional groups attached to an aromatic ring is 1. The van der Waals surface area contributed by atoms with Crippen molar-refractivity contribution in [1.29, 1.82) is 0 Å². The molecule has 0 bridgehead atoms. The summed E-state index contributed by atoms with van der Waals surface area (Å²) in [6, 6.07) is 5.48. The average molecular weight is 459 g/mol. The first-order valence-corrected chi connectivity index (χ1v) is 11.3. The topological polar surface area (TPSA) is 149 Å². The highest BCUT2D eigenvalue weighted by atomic mass is 35.5. The van der Waals surface area contributed by atoms with Gasteiger partial charge in [-0.3, -0.25) is 4.52 Å². The quantitative estimate of drug-likeness (QED) is 0.368. The molecule has 0 saturated carbocycles. The Morgan fingerprint density at radius 2 is 2.14 bits per heavy atom. The Kier molecular flexibility index (Phi) is 5.27. The van der Waals surface area contributed by atoms with Gasteiger partial charge in [0.15, 0.2) is 26.5 Å². The molecule has 10 nitrogen and oxygen atoms in total. The molecule has 28 heavy (non-hydrogen) atoms. The first kappa shape index (κ1) is 19.5. The standard InChI is InChI=1S/C14H12ClN6O4PS2/c15-7-2-1-3-8-10(7)27-14(19-8)28-13-20-9-11(16)17-6-18-12(9)21(13)4-5-25-26(22,23)24/h1-3,6H,4-5H2,(H2,16,17,18)(H2,22,23,24). The molecule has 0 radical (unpaired) electrons. The van der Waals surface area contributed by atoms with Crippen LogP contribution in [0.5, 0.6) is 0 Å². The maximum Gasteiger partial charge on any atom is 0.469 e. The van der Waals surface area contributed by atoms with Crippen LogP contribution in [0.2, 0.25) is 5.02 Å². The molecule has 4 rings (SSSR count). The van der Waals surface area contributed by atoms with E-state index in [9.17, 15) is 4.57 Å². The largest absolute Gasteiger partial charge is 0.469 e. The van der Waals surface area contributed by atoms with Gasteiger partial charge in [0.25, 0.3) is 0 Å². The Bertz CT molecular complexity index is 1230. The van der Waals surface area contributed by atoms with Gasteiger partial charge in [0.05, 0.1) is 28.4 Å². The number of phosphoric acid groups is 1. The monoisotopic (exact) mass is 458 g/mol. The van der Waals surface area contributed by atoms with Crippen LogP contribution in [0.4, 0.5) is 5.82 Å². The van der Waals surface area contributed by atoms with Crippen molar-refractivity contribution in [2.45, 2.75) is 16.0 Å². The number of hydrogen-bond donors (Lipinski definition) is 3. The lowest BCUT2D eigenvalue weighted by Gasteiger charge is -2.08. The number of rotatable bonds is 6. The van der Waals surface area contributed by atoms with E-state index < -0.39 is 7.82 Å². The fourth-order valence-corrected chi connectivity index (χ4v) is 5.15. The number of nitrogens with zero attached hydrogens (tertiary/aromatic N) is 5. The lowest BCUT2D eigenvalue weighted by atomic mass is 10.3. The SMILES string of the molecule is Nc1ncnc2c1nc(Sc1nc3cccc(Cl)c3s1)n2CCOP(=O)(O)O.